The highest BCUT2D eigenvalue weighted by Gasteiger charge is 2.23. The molecule has 37 heavy (non-hydrogen) atoms. The molecule has 10 heteroatoms. The number of aromatic nitrogens is 2. The van der Waals surface area contributed by atoms with Crippen molar-refractivity contribution in [3.8, 4) is 16.8 Å². The van der Waals surface area contributed by atoms with E-state index in [2.05, 4.69) is 0 Å². The Kier molecular flexibility index (Phi) is 7.87. The van der Waals surface area contributed by atoms with Crippen LogP contribution in [0, 0.1) is 6.92 Å². The Balaban J connectivity index is 1.78. The molecule has 0 radical (unpaired) electrons. The number of halogens is 1. The number of nitrogens with one attached hydrogen (secondary N) is 1. The molecule has 4 rings (SSSR count). The van der Waals surface area contributed by atoms with Crippen molar-refractivity contribution in [2.45, 2.75) is 38.7 Å². The van der Waals surface area contributed by atoms with E-state index in [0.717, 1.165) is 33.7 Å². The molecule has 0 aliphatic heterocycles. The SMILES string of the molecule is CCOC(=O)NS(=O)(=O)c1ccc(C)cc1-c1ccc(-n2c(CC)nc3cc(COC)c(Cl)cc32)cc1. The van der Waals surface area contributed by atoms with Crippen molar-refractivity contribution in [1.82, 2.24) is 14.3 Å². The first-order chi connectivity index (χ1) is 17.7. The lowest BCUT2D eigenvalue weighted by atomic mass is 10.0. The highest BCUT2D eigenvalue weighted by molar-refractivity contribution is 7.90. The lowest BCUT2D eigenvalue weighted by Gasteiger charge is -2.14. The molecule has 0 aliphatic rings. The summed E-state index contributed by atoms with van der Waals surface area (Å²) in [4.78, 5) is 16.6. The second-order valence-electron chi connectivity index (χ2n) is 8.45. The Labute approximate surface area is 221 Å². The first-order valence-corrected chi connectivity index (χ1v) is 13.6. The first kappa shape index (κ1) is 26.7. The fourth-order valence-electron chi connectivity index (χ4n) is 4.20. The first-order valence-electron chi connectivity index (χ1n) is 11.8. The van der Waals surface area contributed by atoms with Crippen LogP contribution in [0.5, 0.6) is 0 Å². The molecule has 8 nitrogen and oxygen atoms in total. The lowest BCUT2D eigenvalue weighted by molar-refractivity contribution is 0.158. The smallest absolute Gasteiger partial charge is 0.421 e. The van der Waals surface area contributed by atoms with Gasteiger partial charge in [0.1, 0.15) is 5.82 Å². The number of benzene rings is 3. The number of aryl methyl sites for hydroxylation is 2. The number of hydrogen-bond acceptors (Lipinski definition) is 6. The molecular weight excluding hydrogens is 514 g/mol. The molecule has 0 saturated heterocycles. The quantitative estimate of drug-likeness (QED) is 0.303. The van der Waals surface area contributed by atoms with Gasteiger partial charge >= 0.3 is 6.09 Å². The van der Waals surface area contributed by atoms with E-state index < -0.39 is 16.1 Å². The summed E-state index contributed by atoms with van der Waals surface area (Å²) in [5, 5.41) is 0.596. The molecule has 0 fully saturated rings. The molecule has 0 unspecified atom stereocenters. The van der Waals surface area contributed by atoms with Crippen LogP contribution in [0.2, 0.25) is 5.02 Å². The van der Waals surface area contributed by atoms with Gasteiger partial charge < -0.3 is 9.47 Å². The number of hydrogen-bond donors (Lipinski definition) is 1. The van der Waals surface area contributed by atoms with Crippen LogP contribution in [0.3, 0.4) is 0 Å². The minimum Gasteiger partial charge on any atom is -0.449 e. The van der Waals surface area contributed by atoms with Gasteiger partial charge in [-0.15, -0.1) is 0 Å². The number of rotatable bonds is 8. The molecule has 0 saturated carbocycles. The molecule has 1 amide bonds. The zero-order chi connectivity index (χ0) is 26.7. The van der Waals surface area contributed by atoms with Crippen LogP contribution in [0.1, 0.15) is 30.8 Å². The molecular formula is C27H28ClN3O5S. The highest BCUT2D eigenvalue weighted by Crippen LogP contribution is 2.32. The fraction of sp³-hybridized carbons (Fsp3) is 0.259. The molecule has 0 aliphatic carbocycles. The predicted octanol–water partition coefficient (Wildman–Crippen LogP) is 5.80. The maximum atomic E-state index is 13.0. The van der Waals surface area contributed by atoms with Gasteiger partial charge in [0.25, 0.3) is 10.0 Å². The maximum Gasteiger partial charge on any atom is 0.421 e. The number of ether oxygens (including phenoxy) is 2. The van der Waals surface area contributed by atoms with E-state index in [-0.39, 0.29) is 11.5 Å². The number of nitrogens with zero attached hydrogens (tertiary/aromatic N) is 2. The van der Waals surface area contributed by atoms with Crippen molar-refractivity contribution in [2.24, 2.45) is 0 Å². The van der Waals surface area contributed by atoms with Crippen LogP contribution in [0.4, 0.5) is 4.79 Å². The highest BCUT2D eigenvalue weighted by atomic mass is 35.5. The summed E-state index contributed by atoms with van der Waals surface area (Å²) in [6.45, 7) is 5.96. The predicted molar refractivity (Wildman–Crippen MR) is 144 cm³/mol. The van der Waals surface area contributed by atoms with E-state index in [9.17, 15) is 13.2 Å². The van der Waals surface area contributed by atoms with E-state index in [1.807, 2.05) is 59.5 Å². The van der Waals surface area contributed by atoms with E-state index in [1.165, 1.54) is 6.07 Å². The number of sulfonamides is 1. The van der Waals surface area contributed by atoms with E-state index in [0.29, 0.717) is 29.2 Å². The monoisotopic (exact) mass is 541 g/mol. The average molecular weight is 542 g/mol. The Bertz CT molecular complexity index is 1560. The molecule has 1 aromatic heterocycles. The van der Waals surface area contributed by atoms with Crippen LogP contribution in [-0.4, -0.2) is 37.8 Å². The van der Waals surface area contributed by atoms with E-state index >= 15 is 0 Å². The summed E-state index contributed by atoms with van der Waals surface area (Å²) in [5.41, 5.74) is 5.44. The second kappa shape index (κ2) is 10.9. The van der Waals surface area contributed by atoms with Gasteiger partial charge in [-0.25, -0.2) is 22.9 Å². The Hall–Kier alpha value is -3.40. The van der Waals surface area contributed by atoms with Gasteiger partial charge in [-0.05, 0) is 55.3 Å². The van der Waals surface area contributed by atoms with Crippen LogP contribution >= 0.6 is 11.6 Å². The summed E-state index contributed by atoms with van der Waals surface area (Å²) < 4.78 is 39.9. The molecule has 0 spiro atoms. The third kappa shape index (κ3) is 5.49. The van der Waals surface area contributed by atoms with Crippen LogP contribution in [0.25, 0.3) is 27.8 Å². The third-order valence-corrected chi connectivity index (χ3v) is 7.58. The van der Waals surface area contributed by atoms with Gasteiger partial charge in [0.05, 0.1) is 29.1 Å². The fourth-order valence-corrected chi connectivity index (χ4v) is 5.52. The Morgan fingerprint density at radius 1 is 1.08 bits per heavy atom. The average Bonchev–Trinajstić information content (AvgIpc) is 3.21. The van der Waals surface area contributed by atoms with Gasteiger partial charge in [0.15, 0.2) is 0 Å². The van der Waals surface area contributed by atoms with Crippen molar-refractivity contribution < 1.29 is 22.7 Å². The van der Waals surface area contributed by atoms with Crippen molar-refractivity contribution >= 4 is 38.8 Å². The van der Waals surface area contributed by atoms with Gasteiger partial charge in [-0.2, -0.15) is 0 Å². The van der Waals surface area contributed by atoms with E-state index in [4.69, 9.17) is 26.1 Å². The van der Waals surface area contributed by atoms with Gasteiger partial charge in [0, 0.05) is 29.8 Å². The molecule has 1 heterocycles. The zero-order valence-corrected chi connectivity index (χ0v) is 22.6. The third-order valence-electron chi connectivity index (χ3n) is 5.86. The normalized spacial score (nSPS) is 11.6. The number of carbonyl (C=O) groups excluding carboxylic acids is 1. The summed E-state index contributed by atoms with van der Waals surface area (Å²) in [6.07, 6.45) is -0.316. The van der Waals surface area contributed by atoms with E-state index in [1.54, 1.807) is 26.2 Å². The summed E-state index contributed by atoms with van der Waals surface area (Å²) in [6, 6.07) is 16.3. The van der Waals surface area contributed by atoms with Gasteiger partial charge in [-0.3, -0.25) is 4.57 Å². The number of fused-ring (bicyclic) bond motifs is 1. The number of amides is 1. The Morgan fingerprint density at radius 2 is 1.81 bits per heavy atom. The largest absolute Gasteiger partial charge is 0.449 e. The summed E-state index contributed by atoms with van der Waals surface area (Å²) in [5.74, 6) is 0.867. The van der Waals surface area contributed by atoms with Crippen molar-refractivity contribution in [1.29, 1.82) is 0 Å². The van der Waals surface area contributed by atoms with Crippen molar-refractivity contribution in [2.75, 3.05) is 13.7 Å². The molecule has 0 bridgehead atoms. The molecule has 194 valence electrons. The molecule has 4 aromatic rings. The summed E-state index contributed by atoms with van der Waals surface area (Å²) in [7, 11) is -2.53. The standard InChI is InChI=1S/C27H28ClN3O5S/c1-5-26-29-23-14-19(16-35-4)22(28)15-24(23)31(26)20-10-8-18(9-11-20)21-13-17(3)7-12-25(21)37(33,34)30-27(32)36-6-2/h7-15H,5-6,16H2,1-4H3,(H,30,32). The minimum absolute atomic E-state index is 0.0151. The van der Waals surface area contributed by atoms with Crippen molar-refractivity contribution in [3.63, 3.8) is 0 Å². The van der Waals surface area contributed by atoms with Gasteiger partial charge in [0.2, 0.25) is 0 Å². The molecule has 0 atom stereocenters. The summed E-state index contributed by atoms with van der Waals surface area (Å²) >= 11 is 6.51. The van der Waals surface area contributed by atoms with Crippen molar-refractivity contribution in [3.05, 3.63) is 76.6 Å². The molecule has 1 N–H and O–H groups in total. The maximum absolute atomic E-state index is 13.0. The minimum atomic E-state index is -4.15. The second-order valence-corrected chi connectivity index (χ2v) is 10.5. The van der Waals surface area contributed by atoms with Crippen LogP contribution in [0.15, 0.2) is 59.5 Å². The van der Waals surface area contributed by atoms with Crippen LogP contribution < -0.4 is 4.72 Å². The number of methoxy groups -OCH3 is 1. The van der Waals surface area contributed by atoms with Crippen LogP contribution in [-0.2, 0) is 32.5 Å². The number of carbonyl (C=O) groups is 1. The Morgan fingerprint density at radius 3 is 2.46 bits per heavy atom. The number of imidazole rings is 1. The van der Waals surface area contributed by atoms with Gasteiger partial charge in [-0.1, -0.05) is 48.4 Å². The lowest BCUT2D eigenvalue weighted by Crippen LogP contribution is -2.31. The molecule has 3 aromatic carbocycles. The topological polar surface area (TPSA) is 99.5 Å². The zero-order valence-electron chi connectivity index (χ0n) is 21.0.